The van der Waals surface area contributed by atoms with E-state index in [4.69, 9.17) is 4.74 Å². The first-order chi connectivity index (χ1) is 13.5. The number of rotatable bonds is 7. The molecule has 146 valence electrons. The fourth-order valence-electron chi connectivity index (χ4n) is 3.37. The number of hydrazine groups is 1. The molecule has 0 heterocycles. The summed E-state index contributed by atoms with van der Waals surface area (Å²) in [4.78, 5) is 23.7. The summed E-state index contributed by atoms with van der Waals surface area (Å²) in [6.45, 7) is 3.47. The molecule has 2 aromatic carbocycles. The number of allylic oxidation sites excluding steroid dienone is 1. The molecule has 1 aliphatic carbocycles. The summed E-state index contributed by atoms with van der Waals surface area (Å²) in [7, 11) is 0. The minimum absolute atomic E-state index is 0.0490. The van der Waals surface area contributed by atoms with Crippen molar-refractivity contribution in [2.45, 2.75) is 31.7 Å². The zero-order valence-electron chi connectivity index (χ0n) is 15.9. The average molecular weight is 380 g/mol. The van der Waals surface area contributed by atoms with Gasteiger partial charge in [0.05, 0.1) is 0 Å². The van der Waals surface area contributed by atoms with E-state index in [9.17, 15) is 14.7 Å². The van der Waals surface area contributed by atoms with Crippen LogP contribution in [0.5, 0.6) is 0 Å². The van der Waals surface area contributed by atoms with Crippen LogP contribution < -0.4 is 10.9 Å². The maximum absolute atomic E-state index is 12.2. The van der Waals surface area contributed by atoms with Gasteiger partial charge in [-0.05, 0) is 42.5 Å². The Balaban J connectivity index is 1.64. The van der Waals surface area contributed by atoms with Crippen LogP contribution in [0.4, 0.5) is 4.79 Å². The third-order valence-electron chi connectivity index (χ3n) is 5.02. The van der Waals surface area contributed by atoms with Gasteiger partial charge < -0.3 is 9.84 Å². The average Bonchev–Trinajstić information content (AvgIpc) is 3.03. The first-order valence-electron chi connectivity index (χ1n) is 9.19. The van der Waals surface area contributed by atoms with Crippen LogP contribution in [0.25, 0.3) is 11.1 Å². The Hall–Kier alpha value is -3.12. The lowest BCUT2D eigenvalue weighted by Crippen LogP contribution is -2.57. The van der Waals surface area contributed by atoms with Crippen LogP contribution in [-0.4, -0.2) is 29.3 Å². The molecule has 28 heavy (non-hydrogen) atoms. The highest BCUT2D eigenvalue weighted by Crippen LogP contribution is 2.44. The van der Waals surface area contributed by atoms with Gasteiger partial charge >= 0.3 is 12.1 Å². The van der Waals surface area contributed by atoms with Gasteiger partial charge in [-0.25, -0.2) is 10.2 Å². The van der Waals surface area contributed by atoms with Gasteiger partial charge in [-0.3, -0.25) is 10.2 Å². The van der Waals surface area contributed by atoms with Crippen LogP contribution in [-0.2, 0) is 9.53 Å². The van der Waals surface area contributed by atoms with Crippen molar-refractivity contribution in [2.75, 3.05) is 6.61 Å². The van der Waals surface area contributed by atoms with E-state index in [0.717, 1.165) is 22.3 Å². The zero-order chi connectivity index (χ0) is 20.1. The molecule has 0 saturated carbocycles. The van der Waals surface area contributed by atoms with Crippen molar-refractivity contribution in [1.29, 1.82) is 0 Å². The number of carboxylic acid groups (broad SMARTS) is 1. The fourth-order valence-corrected chi connectivity index (χ4v) is 3.37. The maximum atomic E-state index is 12.2. The zero-order valence-corrected chi connectivity index (χ0v) is 15.9. The number of carboxylic acids is 1. The molecule has 0 aromatic heterocycles. The van der Waals surface area contributed by atoms with Crippen molar-refractivity contribution in [2.24, 2.45) is 0 Å². The van der Waals surface area contributed by atoms with Gasteiger partial charge in [0.2, 0.25) is 0 Å². The van der Waals surface area contributed by atoms with Gasteiger partial charge in [0.1, 0.15) is 12.1 Å². The number of fused-ring (bicyclic) bond motifs is 3. The summed E-state index contributed by atoms with van der Waals surface area (Å²) < 4.78 is 5.40. The van der Waals surface area contributed by atoms with E-state index in [-0.39, 0.29) is 18.9 Å². The number of hydrogen-bond acceptors (Lipinski definition) is 4. The van der Waals surface area contributed by atoms with Crippen LogP contribution >= 0.6 is 0 Å². The van der Waals surface area contributed by atoms with Crippen molar-refractivity contribution < 1.29 is 19.4 Å². The minimum Gasteiger partial charge on any atom is -0.480 e. The van der Waals surface area contributed by atoms with Gasteiger partial charge in [0.15, 0.2) is 0 Å². The Morgan fingerprint density at radius 3 is 2.21 bits per heavy atom. The molecule has 6 heteroatoms. The van der Waals surface area contributed by atoms with Crippen LogP contribution in [0.2, 0.25) is 0 Å². The highest BCUT2D eigenvalue weighted by atomic mass is 16.6. The van der Waals surface area contributed by atoms with Gasteiger partial charge in [-0.1, -0.05) is 60.7 Å². The van der Waals surface area contributed by atoms with Gasteiger partial charge in [0.25, 0.3) is 0 Å². The predicted molar refractivity (Wildman–Crippen MR) is 107 cm³/mol. The number of amides is 1. The molecular weight excluding hydrogens is 356 g/mol. The second-order valence-electron chi connectivity index (χ2n) is 6.99. The number of ether oxygens (including phenoxy) is 1. The number of benzene rings is 2. The molecule has 0 aliphatic heterocycles. The number of nitrogens with one attached hydrogen (secondary N) is 2. The van der Waals surface area contributed by atoms with E-state index in [2.05, 4.69) is 23.0 Å². The molecule has 1 amide bonds. The quantitative estimate of drug-likeness (QED) is 0.502. The summed E-state index contributed by atoms with van der Waals surface area (Å²) in [5.41, 5.74) is 8.14. The van der Waals surface area contributed by atoms with Crippen LogP contribution in [0.1, 0.15) is 37.3 Å². The molecule has 2 aromatic rings. The maximum Gasteiger partial charge on any atom is 0.421 e. The van der Waals surface area contributed by atoms with Crippen molar-refractivity contribution in [3.8, 4) is 11.1 Å². The first-order valence-corrected chi connectivity index (χ1v) is 9.19. The van der Waals surface area contributed by atoms with Crippen LogP contribution in [0.3, 0.4) is 0 Å². The Morgan fingerprint density at radius 2 is 1.68 bits per heavy atom. The molecule has 6 nitrogen and oxygen atoms in total. The monoisotopic (exact) mass is 380 g/mol. The van der Waals surface area contributed by atoms with E-state index in [1.807, 2.05) is 36.4 Å². The molecule has 0 spiro atoms. The van der Waals surface area contributed by atoms with E-state index in [1.165, 1.54) is 6.92 Å². The SMILES string of the molecule is CC=CC[C@](C)(NNC(=O)OCC1c2ccccc2-c2ccccc21)C(=O)O. The summed E-state index contributed by atoms with van der Waals surface area (Å²) >= 11 is 0. The molecule has 3 rings (SSSR count). The topological polar surface area (TPSA) is 87.7 Å². The molecule has 1 atom stereocenters. The Bertz CT molecular complexity index is 863. The second kappa shape index (κ2) is 8.27. The number of carbonyl (C=O) groups is 2. The third kappa shape index (κ3) is 3.92. The van der Waals surface area contributed by atoms with Crippen molar-refractivity contribution in [3.05, 3.63) is 71.8 Å². The number of aliphatic carboxylic acids is 1. The predicted octanol–water partition coefficient (Wildman–Crippen LogP) is 3.84. The lowest BCUT2D eigenvalue weighted by molar-refractivity contribution is -0.144. The highest BCUT2D eigenvalue weighted by molar-refractivity contribution is 5.80. The largest absolute Gasteiger partial charge is 0.480 e. The molecular formula is C22H24N2O4. The van der Waals surface area contributed by atoms with E-state index < -0.39 is 17.6 Å². The van der Waals surface area contributed by atoms with Gasteiger partial charge in [-0.2, -0.15) is 0 Å². The van der Waals surface area contributed by atoms with E-state index in [1.54, 1.807) is 19.1 Å². The first kappa shape index (κ1) is 19.6. The normalized spacial score (nSPS) is 14.9. The molecule has 0 fully saturated rings. The summed E-state index contributed by atoms with van der Waals surface area (Å²) in [5.74, 6) is -1.11. The van der Waals surface area contributed by atoms with Gasteiger partial charge in [-0.15, -0.1) is 0 Å². The minimum atomic E-state index is -1.32. The fraction of sp³-hybridized carbons (Fsp3) is 0.273. The Kier molecular flexibility index (Phi) is 5.80. The molecule has 0 bridgehead atoms. The molecule has 0 radical (unpaired) electrons. The highest BCUT2D eigenvalue weighted by Gasteiger charge is 2.33. The molecule has 0 saturated heterocycles. The molecule has 1 aliphatic rings. The summed E-state index contributed by atoms with van der Waals surface area (Å²) in [6.07, 6.45) is 2.99. The lowest BCUT2D eigenvalue weighted by Gasteiger charge is -2.25. The van der Waals surface area contributed by atoms with Crippen molar-refractivity contribution >= 4 is 12.1 Å². The van der Waals surface area contributed by atoms with Gasteiger partial charge in [0, 0.05) is 5.92 Å². The molecule has 3 N–H and O–H groups in total. The Morgan fingerprint density at radius 1 is 1.11 bits per heavy atom. The summed E-state index contributed by atoms with van der Waals surface area (Å²) in [6, 6.07) is 16.1. The smallest absolute Gasteiger partial charge is 0.421 e. The van der Waals surface area contributed by atoms with E-state index >= 15 is 0 Å². The van der Waals surface area contributed by atoms with Crippen LogP contribution in [0.15, 0.2) is 60.7 Å². The van der Waals surface area contributed by atoms with E-state index in [0.29, 0.717) is 0 Å². The molecule has 0 unspecified atom stereocenters. The Labute approximate surface area is 164 Å². The van der Waals surface area contributed by atoms with Crippen molar-refractivity contribution in [3.63, 3.8) is 0 Å². The van der Waals surface area contributed by atoms with Crippen molar-refractivity contribution in [1.82, 2.24) is 10.9 Å². The number of hydrogen-bond donors (Lipinski definition) is 3. The lowest BCUT2D eigenvalue weighted by atomic mass is 9.98. The third-order valence-corrected chi connectivity index (χ3v) is 5.02. The summed E-state index contributed by atoms with van der Waals surface area (Å²) in [5, 5.41) is 9.40. The number of carbonyl (C=O) groups excluding carboxylic acids is 1. The van der Waals surface area contributed by atoms with Crippen LogP contribution in [0, 0.1) is 0 Å². The second-order valence-corrected chi connectivity index (χ2v) is 6.99. The standard InChI is InChI=1S/C22H24N2O4/c1-3-4-13-22(2,20(25)26)24-23-21(27)28-14-19-17-11-7-5-9-15(17)16-10-6-8-12-18(16)19/h3-12,19,24H,13-14H2,1-2H3,(H,23,27)(H,25,26)/t22-/m0/s1.